The van der Waals surface area contributed by atoms with Gasteiger partial charge in [0.05, 0.1) is 13.2 Å². The van der Waals surface area contributed by atoms with E-state index < -0.39 is 7.51 Å². The van der Waals surface area contributed by atoms with E-state index in [4.69, 9.17) is 9.83 Å². The van der Waals surface area contributed by atoms with E-state index >= 15 is 0 Å². The van der Waals surface area contributed by atoms with Gasteiger partial charge in [0, 0.05) is 11.4 Å². The number of nitrogens with one attached hydrogen (secondary N) is 2. The second-order valence-electron chi connectivity index (χ2n) is 6.43. The summed E-state index contributed by atoms with van der Waals surface area (Å²) in [7, 11) is -2.63. The van der Waals surface area contributed by atoms with E-state index in [1.54, 1.807) is 0 Å². The fourth-order valence-corrected chi connectivity index (χ4v) is 5.11. The Morgan fingerprint density at radius 1 is 0.517 bits per heavy atom. The summed E-state index contributed by atoms with van der Waals surface area (Å²) in [5, 5.41) is 12.3. The summed E-state index contributed by atoms with van der Waals surface area (Å²) in [5.74, 6) is 0. The molecule has 4 nitrogen and oxygen atoms in total. The summed E-state index contributed by atoms with van der Waals surface area (Å²) in [4.78, 5) is 0. The molecule has 0 aromatic heterocycles. The third-order valence-electron chi connectivity index (χ3n) is 4.15. The molecule has 0 fully saturated rings. The Morgan fingerprint density at radius 2 is 0.931 bits per heavy atom. The van der Waals surface area contributed by atoms with Crippen LogP contribution >= 0.6 is 7.51 Å². The number of nitrogens with zero attached hydrogens (tertiary/aromatic N) is 2. The normalized spacial score (nSPS) is 10.8. The molecule has 5 heteroatoms. The predicted octanol–water partition coefficient (Wildman–Crippen LogP) is 8.19. The van der Waals surface area contributed by atoms with Gasteiger partial charge in [-0.25, -0.2) is 4.74 Å². The Kier molecular flexibility index (Phi) is 5.94. The van der Waals surface area contributed by atoms with E-state index in [0.29, 0.717) is 0 Å². The van der Waals surface area contributed by atoms with Crippen LogP contribution in [0.25, 0.3) is 5.09 Å². The zero-order valence-corrected chi connectivity index (χ0v) is 16.8. The zero-order valence-electron chi connectivity index (χ0n) is 15.9. The molecule has 0 atom stereocenters. The molecule has 4 aromatic rings. The van der Waals surface area contributed by atoms with Gasteiger partial charge in [-0.05, 0) is 36.4 Å². The zero-order chi connectivity index (χ0) is 19.8. The first-order valence-electron chi connectivity index (χ1n) is 9.44. The fraction of sp³-hybridized carbons (Fsp3) is 0. The molecule has 0 bridgehead atoms. The highest BCUT2D eigenvalue weighted by Crippen LogP contribution is 2.60. The van der Waals surface area contributed by atoms with Gasteiger partial charge >= 0.3 is 0 Å². The van der Waals surface area contributed by atoms with E-state index in [1.165, 1.54) is 0 Å². The molecule has 4 aromatic carbocycles. The molecule has 0 amide bonds. The van der Waals surface area contributed by atoms with Gasteiger partial charge in [-0.3, -0.25) is 0 Å². The number of hydrogen-bond acceptors (Lipinski definition) is 1. The Morgan fingerprint density at radius 3 is 1.41 bits per heavy atom. The van der Waals surface area contributed by atoms with Crippen LogP contribution in [0.3, 0.4) is 0 Å². The van der Waals surface area contributed by atoms with Crippen molar-refractivity contribution < 1.29 is 0 Å². The van der Waals surface area contributed by atoms with Crippen molar-refractivity contribution in [3.05, 3.63) is 126 Å². The third kappa shape index (κ3) is 5.28. The Labute approximate surface area is 171 Å². The molecular weight excluding hydrogens is 375 g/mol. The standard InChI is InChI=1S/C24H22N4P/c1-5-13-21(14-6-1)25-29(26-22-15-7-2-8-16-22,27-23-17-9-3-10-18-23)28-24-19-11-4-12-20-24/h1-20,25-26H/q-1. The molecule has 144 valence electrons. The quantitative estimate of drug-likeness (QED) is 0.309. The van der Waals surface area contributed by atoms with Gasteiger partial charge in [0.15, 0.2) is 0 Å². The topological polar surface area (TPSA) is 50.5 Å². The lowest BCUT2D eigenvalue weighted by atomic mass is 10.3. The van der Waals surface area contributed by atoms with Crippen LogP contribution in [0.5, 0.6) is 0 Å². The summed E-state index contributed by atoms with van der Waals surface area (Å²) in [6.45, 7) is 0. The highest BCUT2D eigenvalue weighted by Gasteiger charge is 2.11. The van der Waals surface area contributed by atoms with Gasteiger partial charge in [0.25, 0.3) is 0 Å². The van der Waals surface area contributed by atoms with Crippen molar-refractivity contribution in [3.63, 3.8) is 0 Å². The lowest BCUT2D eigenvalue weighted by Gasteiger charge is -2.41. The summed E-state index contributed by atoms with van der Waals surface area (Å²) in [6, 6.07) is 40.0. The molecule has 2 N–H and O–H groups in total. The molecular formula is C24H22N4P-. The number of anilines is 2. The van der Waals surface area contributed by atoms with Crippen molar-refractivity contribution in [1.29, 1.82) is 0 Å². The summed E-state index contributed by atoms with van der Waals surface area (Å²) in [5.41, 5.74) is 3.66. The lowest BCUT2D eigenvalue weighted by Crippen LogP contribution is -2.05. The predicted molar refractivity (Wildman–Crippen MR) is 125 cm³/mol. The molecule has 0 aliphatic carbocycles. The van der Waals surface area contributed by atoms with Crippen LogP contribution < -0.4 is 10.2 Å². The largest absolute Gasteiger partial charge is 0.612 e. The van der Waals surface area contributed by atoms with Gasteiger partial charge < -0.3 is 15.3 Å². The number of benzene rings is 4. The molecule has 0 heterocycles. The van der Waals surface area contributed by atoms with Crippen molar-refractivity contribution in [1.82, 2.24) is 0 Å². The van der Waals surface area contributed by atoms with Gasteiger partial charge in [-0.15, -0.1) is 5.69 Å². The second kappa shape index (κ2) is 9.13. The highest BCUT2D eigenvalue weighted by atomic mass is 31.2. The first kappa shape index (κ1) is 18.9. The van der Waals surface area contributed by atoms with Gasteiger partial charge in [0.1, 0.15) is 0 Å². The lowest BCUT2D eigenvalue weighted by molar-refractivity contribution is 1.51. The number of para-hydroxylation sites is 2. The van der Waals surface area contributed by atoms with Crippen molar-refractivity contribution >= 4 is 30.3 Å². The Bertz CT molecular complexity index is 961. The van der Waals surface area contributed by atoms with E-state index in [9.17, 15) is 0 Å². The first-order valence-corrected chi connectivity index (χ1v) is 11.1. The van der Waals surface area contributed by atoms with Crippen molar-refractivity contribution in [2.45, 2.75) is 0 Å². The molecule has 0 saturated heterocycles. The summed E-state index contributed by atoms with van der Waals surface area (Å²) >= 11 is 0. The molecule has 0 spiro atoms. The maximum absolute atomic E-state index is 5.10. The van der Waals surface area contributed by atoms with Crippen LogP contribution in [-0.4, -0.2) is 0 Å². The minimum absolute atomic E-state index is 0.868. The second-order valence-corrected chi connectivity index (χ2v) is 8.48. The smallest absolute Gasteiger partial charge is 0.0724 e. The van der Waals surface area contributed by atoms with E-state index in [1.807, 2.05) is 121 Å². The van der Waals surface area contributed by atoms with Crippen LogP contribution in [0.4, 0.5) is 22.7 Å². The molecule has 0 aliphatic heterocycles. The van der Waals surface area contributed by atoms with Crippen LogP contribution in [-0.2, 0) is 0 Å². The van der Waals surface area contributed by atoms with E-state index in [0.717, 1.165) is 22.7 Å². The van der Waals surface area contributed by atoms with E-state index in [-0.39, 0.29) is 0 Å². The minimum atomic E-state index is -2.63. The molecule has 0 unspecified atom stereocenters. The van der Waals surface area contributed by atoms with Crippen LogP contribution in [0, 0.1) is 0 Å². The van der Waals surface area contributed by atoms with Crippen LogP contribution in [0.15, 0.2) is 126 Å². The summed E-state index contributed by atoms with van der Waals surface area (Å²) < 4.78 is 5.10. The van der Waals surface area contributed by atoms with Crippen molar-refractivity contribution in [2.24, 2.45) is 4.74 Å². The fourth-order valence-electron chi connectivity index (χ4n) is 2.86. The Balaban J connectivity index is 1.84. The minimum Gasteiger partial charge on any atom is -0.612 e. The van der Waals surface area contributed by atoms with Crippen LogP contribution in [0.1, 0.15) is 0 Å². The molecule has 0 radical (unpaired) electrons. The maximum Gasteiger partial charge on any atom is 0.0724 e. The SMILES string of the molecule is c1ccc(N=P([N-]c2ccccc2)(Nc2ccccc2)Nc2ccccc2)cc1. The average molecular weight is 397 g/mol. The highest BCUT2D eigenvalue weighted by molar-refractivity contribution is 7.72. The average Bonchev–Trinajstić information content (AvgIpc) is 2.76. The maximum atomic E-state index is 5.10. The first-order chi connectivity index (χ1) is 14.3. The van der Waals surface area contributed by atoms with Crippen LogP contribution in [0.2, 0.25) is 0 Å². The van der Waals surface area contributed by atoms with E-state index in [2.05, 4.69) is 10.2 Å². The van der Waals surface area contributed by atoms with Crippen molar-refractivity contribution in [3.8, 4) is 0 Å². The molecule has 29 heavy (non-hydrogen) atoms. The van der Waals surface area contributed by atoms with Gasteiger partial charge in [-0.1, -0.05) is 84.9 Å². The molecule has 0 aliphatic rings. The third-order valence-corrected chi connectivity index (χ3v) is 6.33. The van der Waals surface area contributed by atoms with Gasteiger partial charge in [0.2, 0.25) is 0 Å². The summed E-state index contributed by atoms with van der Waals surface area (Å²) in [6.07, 6.45) is 0. The monoisotopic (exact) mass is 397 g/mol. The van der Waals surface area contributed by atoms with Gasteiger partial charge in [-0.2, -0.15) is 0 Å². The number of rotatable bonds is 7. The number of hydrogen-bond donors (Lipinski definition) is 2. The Hall–Kier alpha value is -3.49. The molecule has 0 saturated carbocycles. The molecule has 4 rings (SSSR count). The van der Waals surface area contributed by atoms with Crippen molar-refractivity contribution in [2.75, 3.05) is 10.2 Å².